The largest absolute Gasteiger partial charge is 0.341 e. The summed E-state index contributed by atoms with van der Waals surface area (Å²) in [5.41, 5.74) is 1.19. The summed E-state index contributed by atoms with van der Waals surface area (Å²) >= 11 is 0. The number of carbonyl (C=O) groups is 1. The third-order valence-electron chi connectivity index (χ3n) is 3.40. The molecule has 5 nitrogen and oxygen atoms in total. The van der Waals surface area contributed by atoms with Crippen LogP contribution in [0.5, 0.6) is 0 Å². The molecule has 0 bridgehead atoms. The second kappa shape index (κ2) is 6.00. The molecule has 1 aliphatic heterocycles. The first-order chi connectivity index (χ1) is 8.70. The van der Waals surface area contributed by atoms with E-state index in [4.69, 9.17) is 0 Å². The van der Waals surface area contributed by atoms with Crippen molar-refractivity contribution < 1.29 is 4.79 Å². The molecule has 0 spiro atoms. The van der Waals surface area contributed by atoms with Gasteiger partial charge in [0.05, 0.1) is 5.69 Å². The quantitative estimate of drug-likeness (QED) is 0.819. The predicted molar refractivity (Wildman–Crippen MR) is 70.0 cm³/mol. The molecule has 0 radical (unpaired) electrons. The van der Waals surface area contributed by atoms with E-state index in [1.54, 1.807) is 0 Å². The van der Waals surface area contributed by atoms with Gasteiger partial charge in [0, 0.05) is 44.8 Å². The van der Waals surface area contributed by atoms with Gasteiger partial charge in [0.1, 0.15) is 0 Å². The lowest BCUT2D eigenvalue weighted by molar-refractivity contribution is -0.127. The SMILES string of the molecule is CCn1nccc1CNC(C)CN1CCCC1=O. The molecule has 1 atom stereocenters. The Hall–Kier alpha value is -1.36. The Morgan fingerprint density at radius 1 is 1.56 bits per heavy atom. The molecule has 100 valence electrons. The van der Waals surface area contributed by atoms with E-state index in [9.17, 15) is 4.79 Å². The maximum atomic E-state index is 11.5. The Morgan fingerprint density at radius 2 is 2.39 bits per heavy atom. The molecule has 1 unspecified atom stereocenters. The van der Waals surface area contributed by atoms with Crippen LogP contribution in [0.15, 0.2) is 12.3 Å². The van der Waals surface area contributed by atoms with Gasteiger partial charge < -0.3 is 10.2 Å². The minimum atomic E-state index is 0.294. The van der Waals surface area contributed by atoms with Crippen LogP contribution < -0.4 is 5.32 Å². The van der Waals surface area contributed by atoms with Crippen LogP contribution in [0.4, 0.5) is 0 Å². The standard InChI is InChI=1S/C13H22N4O/c1-3-17-12(6-7-15-17)9-14-11(2)10-16-8-4-5-13(16)18/h6-7,11,14H,3-5,8-10H2,1-2H3. The zero-order valence-electron chi connectivity index (χ0n) is 11.2. The lowest BCUT2D eigenvalue weighted by atomic mass is 10.3. The molecular weight excluding hydrogens is 228 g/mol. The summed E-state index contributed by atoms with van der Waals surface area (Å²) in [5, 5.41) is 7.69. The van der Waals surface area contributed by atoms with Crippen molar-refractivity contribution in [1.29, 1.82) is 0 Å². The third-order valence-corrected chi connectivity index (χ3v) is 3.40. The van der Waals surface area contributed by atoms with Gasteiger partial charge in [-0.25, -0.2) is 0 Å². The summed E-state index contributed by atoms with van der Waals surface area (Å²) in [6.07, 6.45) is 3.55. The van der Waals surface area contributed by atoms with Crippen LogP contribution in [-0.4, -0.2) is 39.7 Å². The summed E-state index contributed by atoms with van der Waals surface area (Å²) in [7, 11) is 0. The van der Waals surface area contributed by atoms with Crippen molar-refractivity contribution in [2.75, 3.05) is 13.1 Å². The van der Waals surface area contributed by atoms with Crippen LogP contribution in [0.1, 0.15) is 32.4 Å². The first-order valence-corrected chi connectivity index (χ1v) is 6.72. The number of carbonyl (C=O) groups excluding carboxylic acids is 1. The molecule has 18 heavy (non-hydrogen) atoms. The Balaban J connectivity index is 1.77. The second-order valence-corrected chi connectivity index (χ2v) is 4.86. The van der Waals surface area contributed by atoms with E-state index in [0.717, 1.165) is 39.0 Å². The molecule has 1 amide bonds. The van der Waals surface area contributed by atoms with Gasteiger partial charge in [-0.05, 0) is 26.3 Å². The first-order valence-electron chi connectivity index (χ1n) is 6.72. The summed E-state index contributed by atoms with van der Waals surface area (Å²) in [6, 6.07) is 2.34. The minimum Gasteiger partial charge on any atom is -0.341 e. The van der Waals surface area contributed by atoms with Crippen LogP contribution in [0, 0.1) is 0 Å². The number of amides is 1. The van der Waals surface area contributed by atoms with E-state index in [-0.39, 0.29) is 0 Å². The normalized spacial score (nSPS) is 17.4. The molecular formula is C13H22N4O. The van der Waals surface area contributed by atoms with E-state index in [0.29, 0.717) is 11.9 Å². The Kier molecular flexibility index (Phi) is 4.36. The van der Waals surface area contributed by atoms with Crippen molar-refractivity contribution in [2.45, 2.75) is 45.8 Å². The maximum Gasteiger partial charge on any atom is 0.222 e. The van der Waals surface area contributed by atoms with Crippen molar-refractivity contribution in [3.05, 3.63) is 18.0 Å². The summed E-state index contributed by atoms with van der Waals surface area (Å²) in [5.74, 6) is 0.294. The zero-order chi connectivity index (χ0) is 13.0. The average Bonchev–Trinajstić information content (AvgIpc) is 2.96. The van der Waals surface area contributed by atoms with Crippen molar-refractivity contribution in [2.24, 2.45) is 0 Å². The molecule has 2 heterocycles. The van der Waals surface area contributed by atoms with Crippen LogP contribution in [0.2, 0.25) is 0 Å². The Labute approximate surface area is 108 Å². The number of aromatic nitrogens is 2. The Morgan fingerprint density at radius 3 is 3.06 bits per heavy atom. The molecule has 0 aromatic carbocycles. The zero-order valence-corrected chi connectivity index (χ0v) is 11.2. The average molecular weight is 250 g/mol. The van der Waals surface area contributed by atoms with Gasteiger partial charge in [-0.15, -0.1) is 0 Å². The van der Waals surface area contributed by atoms with E-state index in [1.165, 1.54) is 5.69 Å². The summed E-state index contributed by atoms with van der Waals surface area (Å²) in [4.78, 5) is 13.5. The molecule has 0 aliphatic carbocycles. The van der Waals surface area contributed by atoms with E-state index < -0.39 is 0 Å². The van der Waals surface area contributed by atoms with Gasteiger partial charge in [0.25, 0.3) is 0 Å². The highest BCUT2D eigenvalue weighted by atomic mass is 16.2. The predicted octanol–water partition coefficient (Wildman–Crippen LogP) is 1.00. The van der Waals surface area contributed by atoms with Crippen molar-refractivity contribution in [1.82, 2.24) is 20.0 Å². The molecule has 1 aliphatic rings. The fraction of sp³-hybridized carbons (Fsp3) is 0.692. The topological polar surface area (TPSA) is 50.2 Å². The number of hydrogen-bond acceptors (Lipinski definition) is 3. The third kappa shape index (κ3) is 3.10. The van der Waals surface area contributed by atoms with E-state index in [2.05, 4.69) is 24.3 Å². The highest BCUT2D eigenvalue weighted by Gasteiger charge is 2.21. The number of likely N-dealkylation sites (tertiary alicyclic amines) is 1. The van der Waals surface area contributed by atoms with Crippen LogP contribution >= 0.6 is 0 Å². The lowest BCUT2D eigenvalue weighted by Gasteiger charge is -2.21. The fourth-order valence-electron chi connectivity index (χ4n) is 2.37. The van der Waals surface area contributed by atoms with Crippen LogP contribution in [0.3, 0.4) is 0 Å². The lowest BCUT2D eigenvalue weighted by Crippen LogP contribution is -2.39. The van der Waals surface area contributed by atoms with Gasteiger partial charge in [-0.1, -0.05) is 0 Å². The summed E-state index contributed by atoms with van der Waals surface area (Å²) in [6.45, 7) is 7.62. The number of rotatable bonds is 6. The molecule has 2 rings (SSSR count). The van der Waals surface area contributed by atoms with Crippen LogP contribution in [-0.2, 0) is 17.9 Å². The van der Waals surface area contributed by atoms with E-state index in [1.807, 2.05) is 21.8 Å². The molecule has 1 aromatic rings. The van der Waals surface area contributed by atoms with Gasteiger partial charge in [-0.2, -0.15) is 5.10 Å². The molecule has 5 heteroatoms. The maximum absolute atomic E-state index is 11.5. The number of aryl methyl sites for hydroxylation is 1. The van der Waals surface area contributed by atoms with Crippen molar-refractivity contribution in [3.8, 4) is 0 Å². The monoisotopic (exact) mass is 250 g/mol. The van der Waals surface area contributed by atoms with Gasteiger partial charge in [0.15, 0.2) is 0 Å². The highest BCUT2D eigenvalue weighted by molar-refractivity contribution is 5.78. The molecule has 1 saturated heterocycles. The van der Waals surface area contributed by atoms with Crippen molar-refractivity contribution >= 4 is 5.91 Å². The number of nitrogens with one attached hydrogen (secondary N) is 1. The Bertz CT molecular complexity index is 401. The first kappa shape index (κ1) is 13.1. The highest BCUT2D eigenvalue weighted by Crippen LogP contribution is 2.10. The minimum absolute atomic E-state index is 0.294. The fourth-order valence-corrected chi connectivity index (χ4v) is 2.37. The molecule has 1 aromatic heterocycles. The van der Waals surface area contributed by atoms with Gasteiger partial charge in [0.2, 0.25) is 5.91 Å². The second-order valence-electron chi connectivity index (χ2n) is 4.86. The molecule has 0 saturated carbocycles. The van der Waals surface area contributed by atoms with E-state index >= 15 is 0 Å². The molecule has 1 N–H and O–H groups in total. The summed E-state index contributed by atoms with van der Waals surface area (Å²) < 4.78 is 1.99. The molecule has 1 fully saturated rings. The van der Waals surface area contributed by atoms with Crippen molar-refractivity contribution in [3.63, 3.8) is 0 Å². The smallest absolute Gasteiger partial charge is 0.222 e. The number of hydrogen-bond donors (Lipinski definition) is 1. The van der Waals surface area contributed by atoms with Crippen LogP contribution in [0.25, 0.3) is 0 Å². The number of nitrogens with zero attached hydrogens (tertiary/aromatic N) is 3. The van der Waals surface area contributed by atoms with Gasteiger partial charge >= 0.3 is 0 Å². The van der Waals surface area contributed by atoms with Gasteiger partial charge in [-0.3, -0.25) is 9.48 Å².